The number of hydrogen-bond donors (Lipinski definition) is 1. The number of anilines is 1. The van der Waals surface area contributed by atoms with Gasteiger partial charge in [-0.05, 0) is 36.6 Å². The van der Waals surface area contributed by atoms with Gasteiger partial charge in [0.2, 0.25) is 0 Å². The van der Waals surface area contributed by atoms with E-state index in [1.165, 1.54) is 5.56 Å². The van der Waals surface area contributed by atoms with E-state index in [-0.39, 0.29) is 10.6 Å². The van der Waals surface area contributed by atoms with Gasteiger partial charge >= 0.3 is 0 Å². The minimum Gasteiger partial charge on any atom is -0.375 e. The zero-order chi connectivity index (χ0) is 17.8. The highest BCUT2D eigenvalue weighted by Crippen LogP contribution is 2.25. The molecule has 1 N–H and O–H groups in total. The molecule has 1 aromatic heterocycles. The lowest BCUT2D eigenvalue weighted by Crippen LogP contribution is -2.05. The molecule has 0 spiro atoms. The second-order valence-corrected chi connectivity index (χ2v) is 6.05. The summed E-state index contributed by atoms with van der Waals surface area (Å²) in [5, 5.41) is 14.4. The first-order chi connectivity index (χ1) is 12.0. The molecular weight excluding hydrogens is 316 g/mol. The number of aromatic nitrogens is 2. The summed E-state index contributed by atoms with van der Waals surface area (Å²) in [5.41, 5.74) is 3.75. The molecule has 0 atom stereocenters. The summed E-state index contributed by atoms with van der Waals surface area (Å²) in [6.45, 7) is 5.10. The van der Waals surface area contributed by atoms with Crippen molar-refractivity contribution in [2.75, 3.05) is 5.32 Å². The van der Waals surface area contributed by atoms with Crippen LogP contribution in [-0.2, 0) is 13.1 Å². The number of aryl methyl sites for hydroxylation is 2. The normalized spacial score (nSPS) is 10.6. The van der Waals surface area contributed by atoms with Gasteiger partial charge in [0.1, 0.15) is 11.5 Å². The van der Waals surface area contributed by atoms with Crippen molar-refractivity contribution in [3.05, 3.63) is 87.5 Å². The maximum absolute atomic E-state index is 11.2. The molecule has 0 aliphatic rings. The molecule has 0 saturated carbocycles. The van der Waals surface area contributed by atoms with Gasteiger partial charge < -0.3 is 9.88 Å². The molecule has 25 heavy (non-hydrogen) atoms. The van der Waals surface area contributed by atoms with E-state index in [9.17, 15) is 10.1 Å². The third-order valence-electron chi connectivity index (χ3n) is 4.10. The van der Waals surface area contributed by atoms with Gasteiger partial charge in [0, 0.05) is 31.5 Å². The summed E-state index contributed by atoms with van der Waals surface area (Å²) in [6, 6.07) is 13.4. The predicted octanol–water partition coefficient (Wildman–Crippen LogP) is 4.07. The molecule has 3 aromatic rings. The smallest absolute Gasteiger partial charge is 0.292 e. The lowest BCUT2D eigenvalue weighted by Gasteiger charge is -2.10. The van der Waals surface area contributed by atoms with Crippen molar-refractivity contribution in [3.63, 3.8) is 0 Å². The molecule has 0 bridgehead atoms. The van der Waals surface area contributed by atoms with Crippen LogP contribution in [0, 0.1) is 24.0 Å². The minimum absolute atomic E-state index is 0.102. The number of hydrogen-bond acceptors (Lipinski definition) is 4. The quantitative estimate of drug-likeness (QED) is 0.544. The molecule has 0 radical (unpaired) electrons. The van der Waals surface area contributed by atoms with E-state index in [1.54, 1.807) is 18.3 Å². The van der Waals surface area contributed by atoms with Crippen LogP contribution in [0.15, 0.2) is 54.9 Å². The van der Waals surface area contributed by atoms with Crippen LogP contribution in [0.4, 0.5) is 11.4 Å². The largest absolute Gasteiger partial charge is 0.375 e. The van der Waals surface area contributed by atoms with E-state index in [0.29, 0.717) is 12.2 Å². The Kier molecular flexibility index (Phi) is 4.79. The Bertz CT molecular complexity index is 902. The first kappa shape index (κ1) is 16.7. The fourth-order valence-corrected chi connectivity index (χ4v) is 2.74. The van der Waals surface area contributed by atoms with E-state index in [2.05, 4.69) is 27.0 Å². The second-order valence-electron chi connectivity index (χ2n) is 6.05. The highest BCUT2D eigenvalue weighted by atomic mass is 16.6. The highest BCUT2D eigenvalue weighted by Gasteiger charge is 2.13. The van der Waals surface area contributed by atoms with Crippen molar-refractivity contribution < 1.29 is 4.92 Å². The zero-order valence-electron chi connectivity index (χ0n) is 14.3. The molecule has 1 heterocycles. The van der Waals surface area contributed by atoms with Crippen LogP contribution in [0.2, 0.25) is 0 Å². The van der Waals surface area contributed by atoms with Gasteiger partial charge in [-0.25, -0.2) is 4.98 Å². The summed E-state index contributed by atoms with van der Waals surface area (Å²) in [5.74, 6) is 0.971. The summed E-state index contributed by atoms with van der Waals surface area (Å²) in [6.07, 6.45) is 3.74. The Morgan fingerprint density at radius 3 is 2.68 bits per heavy atom. The van der Waals surface area contributed by atoms with Gasteiger partial charge in [-0.15, -0.1) is 0 Å². The number of rotatable bonds is 6. The lowest BCUT2D eigenvalue weighted by molar-refractivity contribution is -0.384. The minimum atomic E-state index is -0.354. The molecule has 0 fully saturated rings. The molecule has 0 saturated heterocycles. The van der Waals surface area contributed by atoms with Crippen molar-refractivity contribution in [2.24, 2.45) is 0 Å². The third-order valence-corrected chi connectivity index (χ3v) is 4.10. The Morgan fingerprint density at radius 2 is 1.96 bits per heavy atom. The van der Waals surface area contributed by atoms with Crippen LogP contribution in [0.3, 0.4) is 0 Å². The monoisotopic (exact) mass is 336 g/mol. The fourth-order valence-electron chi connectivity index (χ4n) is 2.74. The van der Waals surface area contributed by atoms with Crippen molar-refractivity contribution in [3.8, 4) is 0 Å². The average molecular weight is 336 g/mol. The first-order valence-corrected chi connectivity index (χ1v) is 8.07. The van der Waals surface area contributed by atoms with Crippen LogP contribution >= 0.6 is 0 Å². The van der Waals surface area contributed by atoms with Crippen LogP contribution < -0.4 is 5.32 Å². The van der Waals surface area contributed by atoms with Crippen LogP contribution in [0.1, 0.15) is 22.5 Å². The van der Waals surface area contributed by atoms with Crippen LogP contribution in [0.25, 0.3) is 0 Å². The Morgan fingerprint density at radius 1 is 1.16 bits per heavy atom. The number of nitro groups is 1. The fraction of sp³-hybridized carbons (Fsp3) is 0.211. The summed E-state index contributed by atoms with van der Waals surface area (Å²) >= 11 is 0. The Labute approximate surface area is 146 Å². The number of benzene rings is 2. The molecular formula is C19H20N4O2. The third kappa shape index (κ3) is 4.03. The summed E-state index contributed by atoms with van der Waals surface area (Å²) in [4.78, 5) is 15.1. The number of nitrogens with one attached hydrogen (secondary N) is 1. The molecule has 0 amide bonds. The van der Waals surface area contributed by atoms with E-state index in [1.807, 2.05) is 38.2 Å². The topological polar surface area (TPSA) is 73.0 Å². The standard InChI is InChI=1S/C19H20N4O2/c1-14-6-7-18(19(10-14)23(24)25)21-12-16-4-3-5-17(11-16)13-22-9-8-20-15(22)2/h3-11,21H,12-13H2,1-2H3. The predicted molar refractivity (Wildman–Crippen MR) is 97.7 cm³/mol. The van der Waals surface area contributed by atoms with Crippen LogP contribution in [0.5, 0.6) is 0 Å². The zero-order valence-corrected chi connectivity index (χ0v) is 14.3. The molecule has 0 unspecified atom stereocenters. The number of nitrogens with zero attached hydrogens (tertiary/aromatic N) is 3. The van der Waals surface area contributed by atoms with Gasteiger partial charge in [-0.2, -0.15) is 0 Å². The van der Waals surface area contributed by atoms with E-state index in [4.69, 9.17) is 0 Å². The van der Waals surface area contributed by atoms with E-state index < -0.39 is 0 Å². The van der Waals surface area contributed by atoms with Crippen molar-refractivity contribution in [1.29, 1.82) is 0 Å². The average Bonchev–Trinajstić information content (AvgIpc) is 2.99. The Hall–Kier alpha value is -3.15. The molecule has 3 rings (SSSR count). The summed E-state index contributed by atoms with van der Waals surface area (Å²) < 4.78 is 2.08. The maximum atomic E-state index is 11.2. The molecule has 6 nitrogen and oxygen atoms in total. The molecule has 0 aliphatic carbocycles. The summed E-state index contributed by atoms with van der Waals surface area (Å²) in [7, 11) is 0. The number of imidazole rings is 1. The molecule has 0 aliphatic heterocycles. The van der Waals surface area contributed by atoms with Crippen molar-refractivity contribution in [2.45, 2.75) is 26.9 Å². The van der Waals surface area contributed by atoms with Gasteiger partial charge in [0.15, 0.2) is 0 Å². The Balaban J connectivity index is 1.73. The molecule has 6 heteroatoms. The van der Waals surface area contributed by atoms with Gasteiger partial charge in [0.05, 0.1) is 4.92 Å². The van der Waals surface area contributed by atoms with Crippen molar-refractivity contribution >= 4 is 11.4 Å². The second kappa shape index (κ2) is 7.17. The molecule has 2 aromatic carbocycles. The molecule has 128 valence electrons. The van der Waals surface area contributed by atoms with E-state index >= 15 is 0 Å². The van der Waals surface area contributed by atoms with Gasteiger partial charge in [0.25, 0.3) is 5.69 Å². The van der Waals surface area contributed by atoms with Gasteiger partial charge in [-0.1, -0.05) is 30.3 Å². The van der Waals surface area contributed by atoms with E-state index in [0.717, 1.165) is 23.5 Å². The lowest BCUT2D eigenvalue weighted by atomic mass is 10.1. The maximum Gasteiger partial charge on any atom is 0.292 e. The van der Waals surface area contributed by atoms with Crippen molar-refractivity contribution in [1.82, 2.24) is 9.55 Å². The van der Waals surface area contributed by atoms with Crippen LogP contribution in [-0.4, -0.2) is 14.5 Å². The number of nitro benzene ring substituents is 1. The first-order valence-electron chi connectivity index (χ1n) is 8.07. The SMILES string of the molecule is Cc1ccc(NCc2cccc(Cn3ccnc3C)c2)c([N+](=O)[O-])c1. The van der Waals surface area contributed by atoms with Gasteiger partial charge in [-0.3, -0.25) is 10.1 Å². The highest BCUT2D eigenvalue weighted by molar-refractivity contribution is 5.62.